The lowest BCUT2D eigenvalue weighted by Crippen LogP contribution is -2.37. The van der Waals surface area contributed by atoms with Gasteiger partial charge in [-0.15, -0.1) is 0 Å². The van der Waals surface area contributed by atoms with Crippen molar-refractivity contribution < 1.29 is 22.8 Å². The first-order chi connectivity index (χ1) is 15.7. The second kappa shape index (κ2) is 9.22. The van der Waals surface area contributed by atoms with Crippen molar-refractivity contribution in [1.29, 1.82) is 0 Å². The minimum Gasteiger partial charge on any atom is -0.314 e. The summed E-state index contributed by atoms with van der Waals surface area (Å²) in [6.07, 6.45) is 2.13. The SMILES string of the molecule is Cc1ccc(C(=O)NC2=NCC3=CN(C(=O)c4ccc(SC(F)(F)F)cc4)CCC3=N2)cc1. The van der Waals surface area contributed by atoms with Crippen LogP contribution in [0.1, 0.15) is 32.7 Å². The van der Waals surface area contributed by atoms with Crippen LogP contribution in [0.5, 0.6) is 0 Å². The summed E-state index contributed by atoms with van der Waals surface area (Å²) in [7, 11) is 0. The first-order valence-corrected chi connectivity index (χ1v) is 10.9. The van der Waals surface area contributed by atoms with Crippen molar-refractivity contribution in [2.24, 2.45) is 9.98 Å². The van der Waals surface area contributed by atoms with Crippen LogP contribution in [0.15, 0.2) is 75.2 Å². The van der Waals surface area contributed by atoms with E-state index < -0.39 is 5.51 Å². The third-order valence-corrected chi connectivity index (χ3v) is 5.79. The second-order valence-corrected chi connectivity index (χ2v) is 8.63. The molecule has 0 bridgehead atoms. The Morgan fingerprint density at radius 3 is 2.36 bits per heavy atom. The van der Waals surface area contributed by atoms with Crippen molar-refractivity contribution in [2.75, 3.05) is 13.1 Å². The van der Waals surface area contributed by atoms with Gasteiger partial charge in [0.2, 0.25) is 5.96 Å². The molecule has 0 fully saturated rings. The van der Waals surface area contributed by atoms with Gasteiger partial charge in [0.15, 0.2) is 0 Å². The zero-order valence-corrected chi connectivity index (χ0v) is 18.3. The van der Waals surface area contributed by atoms with E-state index in [0.29, 0.717) is 24.1 Å². The van der Waals surface area contributed by atoms with Gasteiger partial charge in [-0.05, 0) is 55.1 Å². The Bertz CT molecular complexity index is 1170. The Hall–Kier alpha value is -3.40. The fourth-order valence-corrected chi connectivity index (χ4v) is 3.91. The van der Waals surface area contributed by atoms with Gasteiger partial charge in [0.1, 0.15) is 0 Å². The van der Waals surface area contributed by atoms with E-state index in [1.54, 1.807) is 18.3 Å². The van der Waals surface area contributed by atoms with Gasteiger partial charge < -0.3 is 4.90 Å². The average Bonchev–Trinajstić information content (AvgIpc) is 2.78. The zero-order valence-electron chi connectivity index (χ0n) is 17.5. The molecular formula is C23H19F3N4O2S. The molecule has 10 heteroatoms. The van der Waals surface area contributed by atoms with Crippen LogP contribution in [-0.4, -0.2) is 47.0 Å². The van der Waals surface area contributed by atoms with Crippen LogP contribution in [-0.2, 0) is 0 Å². The second-order valence-electron chi connectivity index (χ2n) is 7.49. The van der Waals surface area contributed by atoms with Crippen molar-refractivity contribution in [3.8, 4) is 0 Å². The van der Waals surface area contributed by atoms with Gasteiger partial charge in [-0.3, -0.25) is 14.9 Å². The average molecular weight is 472 g/mol. The molecular weight excluding hydrogens is 453 g/mol. The zero-order chi connectivity index (χ0) is 23.6. The largest absolute Gasteiger partial charge is 0.446 e. The molecule has 4 rings (SSSR count). The number of nitrogens with one attached hydrogen (secondary N) is 1. The number of amides is 2. The number of halogens is 3. The topological polar surface area (TPSA) is 74.1 Å². The molecule has 1 N–H and O–H groups in total. The van der Waals surface area contributed by atoms with Crippen molar-refractivity contribution in [2.45, 2.75) is 23.7 Å². The van der Waals surface area contributed by atoms with E-state index in [1.807, 2.05) is 19.1 Å². The number of aliphatic imine (C=N–C) groups is 2. The maximum atomic E-state index is 12.8. The summed E-state index contributed by atoms with van der Waals surface area (Å²) in [5.41, 5.74) is -1.03. The van der Waals surface area contributed by atoms with Crippen LogP contribution in [0.25, 0.3) is 0 Å². The molecule has 0 unspecified atom stereocenters. The van der Waals surface area contributed by atoms with Crippen LogP contribution in [0, 0.1) is 6.92 Å². The highest BCUT2D eigenvalue weighted by atomic mass is 32.2. The Morgan fingerprint density at radius 2 is 1.70 bits per heavy atom. The molecule has 170 valence electrons. The number of nitrogens with zero attached hydrogens (tertiary/aromatic N) is 3. The standard InChI is InChI=1S/C23H19F3N4O2S/c1-14-2-4-15(5-3-14)20(31)29-22-27-12-17-13-30(11-10-19(17)28-22)21(32)16-6-8-18(9-7-16)33-23(24,25)26/h2-9,13H,10-12H2,1H3,(H,27,29,31). The monoisotopic (exact) mass is 472 g/mol. The van der Waals surface area contributed by atoms with Crippen molar-refractivity contribution in [3.05, 3.63) is 77.0 Å². The lowest BCUT2D eigenvalue weighted by atomic mass is 10.0. The van der Waals surface area contributed by atoms with Gasteiger partial charge in [0.05, 0.1) is 12.3 Å². The highest BCUT2D eigenvalue weighted by molar-refractivity contribution is 8.00. The number of carbonyl (C=O) groups is 2. The summed E-state index contributed by atoms with van der Waals surface area (Å²) in [5.74, 6) is -0.386. The smallest absolute Gasteiger partial charge is 0.314 e. The third-order valence-electron chi connectivity index (χ3n) is 5.05. The van der Waals surface area contributed by atoms with Crippen LogP contribution >= 0.6 is 11.8 Å². The molecule has 0 spiro atoms. The number of alkyl halides is 3. The summed E-state index contributed by atoms with van der Waals surface area (Å²) in [6.45, 7) is 2.55. The molecule has 2 aromatic rings. The number of carbonyl (C=O) groups excluding carboxylic acids is 2. The number of thioether (sulfide) groups is 1. The fourth-order valence-electron chi connectivity index (χ4n) is 3.37. The van der Waals surface area contributed by atoms with Gasteiger partial charge in [0, 0.05) is 40.8 Å². The number of fused-ring (bicyclic) bond motifs is 1. The van der Waals surface area contributed by atoms with E-state index in [9.17, 15) is 22.8 Å². The molecule has 0 radical (unpaired) electrons. The highest BCUT2D eigenvalue weighted by Crippen LogP contribution is 2.36. The molecule has 2 heterocycles. The summed E-state index contributed by atoms with van der Waals surface area (Å²) >= 11 is -0.222. The van der Waals surface area contributed by atoms with Crippen LogP contribution < -0.4 is 5.32 Å². The predicted octanol–water partition coefficient (Wildman–Crippen LogP) is 4.58. The quantitative estimate of drug-likeness (QED) is 0.665. The van der Waals surface area contributed by atoms with Crippen LogP contribution in [0.3, 0.4) is 0 Å². The van der Waals surface area contributed by atoms with E-state index in [0.717, 1.165) is 16.8 Å². The molecule has 2 aliphatic rings. The summed E-state index contributed by atoms with van der Waals surface area (Å²) in [5, 5.41) is 2.70. The number of hydrogen-bond donors (Lipinski definition) is 1. The van der Waals surface area contributed by atoms with E-state index in [4.69, 9.17) is 0 Å². The lowest BCUT2D eigenvalue weighted by Gasteiger charge is -2.27. The number of rotatable bonds is 3. The summed E-state index contributed by atoms with van der Waals surface area (Å²) in [6, 6.07) is 12.5. The predicted molar refractivity (Wildman–Crippen MR) is 120 cm³/mol. The molecule has 2 aromatic carbocycles. The third kappa shape index (κ3) is 5.70. The van der Waals surface area contributed by atoms with Gasteiger partial charge >= 0.3 is 5.51 Å². The normalized spacial score (nSPS) is 15.8. The molecule has 6 nitrogen and oxygen atoms in total. The number of aryl methyl sites for hydroxylation is 1. The fraction of sp³-hybridized carbons (Fsp3) is 0.217. The van der Waals surface area contributed by atoms with Gasteiger partial charge in [0.25, 0.3) is 11.8 Å². The van der Waals surface area contributed by atoms with Gasteiger partial charge in [-0.2, -0.15) is 13.2 Å². The molecule has 2 aliphatic heterocycles. The Kier molecular flexibility index (Phi) is 6.37. The molecule has 0 saturated carbocycles. The maximum absolute atomic E-state index is 12.8. The number of guanidine groups is 1. The Morgan fingerprint density at radius 1 is 1.03 bits per heavy atom. The number of hydrogen-bond acceptors (Lipinski definition) is 5. The van der Waals surface area contributed by atoms with E-state index in [1.165, 1.54) is 29.2 Å². The summed E-state index contributed by atoms with van der Waals surface area (Å²) in [4.78, 5) is 35.4. The molecule has 0 saturated heterocycles. The first-order valence-electron chi connectivity index (χ1n) is 10.1. The first kappa shape index (κ1) is 22.8. The molecule has 0 atom stereocenters. The van der Waals surface area contributed by atoms with Crippen LogP contribution in [0.4, 0.5) is 13.2 Å². The van der Waals surface area contributed by atoms with Gasteiger partial charge in [-0.25, -0.2) is 9.98 Å². The molecule has 2 amide bonds. The molecule has 33 heavy (non-hydrogen) atoms. The van der Waals surface area contributed by atoms with Crippen molar-refractivity contribution >= 4 is 35.2 Å². The Labute approximate surface area is 192 Å². The summed E-state index contributed by atoms with van der Waals surface area (Å²) < 4.78 is 37.4. The Balaban J connectivity index is 1.41. The number of benzene rings is 2. The molecule has 0 aliphatic carbocycles. The lowest BCUT2D eigenvalue weighted by molar-refractivity contribution is -0.0328. The maximum Gasteiger partial charge on any atom is 0.446 e. The van der Waals surface area contributed by atoms with E-state index in [-0.39, 0.29) is 41.0 Å². The minimum atomic E-state index is -4.38. The van der Waals surface area contributed by atoms with E-state index >= 15 is 0 Å². The minimum absolute atomic E-state index is 0.0206. The highest BCUT2D eigenvalue weighted by Gasteiger charge is 2.29. The van der Waals surface area contributed by atoms with Crippen molar-refractivity contribution in [1.82, 2.24) is 10.2 Å². The van der Waals surface area contributed by atoms with E-state index in [2.05, 4.69) is 15.3 Å². The van der Waals surface area contributed by atoms with Gasteiger partial charge in [-0.1, -0.05) is 17.7 Å². The van der Waals surface area contributed by atoms with Crippen molar-refractivity contribution in [3.63, 3.8) is 0 Å². The molecule has 0 aromatic heterocycles. The van der Waals surface area contributed by atoms with Crippen LogP contribution in [0.2, 0.25) is 0 Å².